The predicted molar refractivity (Wildman–Crippen MR) is 74.3 cm³/mol. The largest absolute Gasteiger partial charge is 0.426 e. The second kappa shape index (κ2) is 4.88. The first kappa shape index (κ1) is 12.0. The van der Waals surface area contributed by atoms with Crippen LogP contribution < -0.4 is 4.74 Å². The van der Waals surface area contributed by atoms with Gasteiger partial charge in [0.25, 0.3) is 0 Å². The lowest BCUT2D eigenvalue weighted by molar-refractivity contribution is -0.138. The third-order valence-electron chi connectivity index (χ3n) is 3.78. The molecule has 0 aliphatic carbocycles. The number of hydrogen-bond acceptors (Lipinski definition) is 2. The molecule has 1 aliphatic heterocycles. The van der Waals surface area contributed by atoms with Crippen molar-refractivity contribution in [2.75, 3.05) is 0 Å². The molecule has 2 heteroatoms. The first-order valence-electron chi connectivity index (χ1n) is 6.67. The van der Waals surface area contributed by atoms with Crippen molar-refractivity contribution < 1.29 is 9.53 Å². The second-order valence-corrected chi connectivity index (χ2v) is 4.86. The van der Waals surface area contributed by atoms with E-state index in [0.29, 0.717) is 5.75 Å². The number of carbonyl (C=O) groups excluding carboxylic acids is 1. The number of benzene rings is 2. The minimum Gasteiger partial charge on any atom is -0.426 e. The van der Waals surface area contributed by atoms with Crippen LogP contribution in [0.5, 0.6) is 5.75 Å². The molecule has 1 heterocycles. The molecule has 0 fully saturated rings. The standard InChI is InChI=1S/C17H16O2/c1-2-13-14-10-6-7-11-15(14)19-17(18)16(13)12-8-4-3-5-9-12/h3-11,13,16H,2H2,1H3/t13-,16-/m0/s1. The van der Waals surface area contributed by atoms with Crippen molar-refractivity contribution in [1.29, 1.82) is 0 Å². The summed E-state index contributed by atoms with van der Waals surface area (Å²) in [6.45, 7) is 2.12. The van der Waals surface area contributed by atoms with E-state index in [1.54, 1.807) is 0 Å². The minimum absolute atomic E-state index is 0.142. The van der Waals surface area contributed by atoms with Gasteiger partial charge < -0.3 is 4.74 Å². The molecule has 96 valence electrons. The smallest absolute Gasteiger partial charge is 0.319 e. The van der Waals surface area contributed by atoms with Crippen LogP contribution in [0.25, 0.3) is 0 Å². The van der Waals surface area contributed by atoms with Crippen LogP contribution in [0.2, 0.25) is 0 Å². The van der Waals surface area contributed by atoms with Crippen molar-refractivity contribution in [2.24, 2.45) is 0 Å². The van der Waals surface area contributed by atoms with Crippen LogP contribution >= 0.6 is 0 Å². The van der Waals surface area contributed by atoms with Gasteiger partial charge in [0.15, 0.2) is 0 Å². The highest BCUT2D eigenvalue weighted by molar-refractivity contribution is 5.84. The summed E-state index contributed by atoms with van der Waals surface area (Å²) in [5.74, 6) is 0.573. The molecule has 0 N–H and O–H groups in total. The van der Waals surface area contributed by atoms with Gasteiger partial charge in [0.1, 0.15) is 5.75 Å². The molecule has 1 aliphatic rings. The normalized spacial score (nSPS) is 21.6. The SMILES string of the molecule is CC[C@H]1c2ccccc2OC(=O)[C@H]1c1ccccc1. The molecule has 0 spiro atoms. The molecule has 0 bridgehead atoms. The third-order valence-corrected chi connectivity index (χ3v) is 3.78. The van der Waals surface area contributed by atoms with E-state index in [1.807, 2.05) is 48.5 Å². The lowest BCUT2D eigenvalue weighted by Gasteiger charge is -2.31. The summed E-state index contributed by atoms with van der Waals surface area (Å²) in [5, 5.41) is 0. The summed E-state index contributed by atoms with van der Waals surface area (Å²) in [7, 11) is 0. The molecule has 0 unspecified atom stereocenters. The monoisotopic (exact) mass is 252 g/mol. The molecule has 2 atom stereocenters. The Morgan fingerprint density at radius 1 is 1.00 bits per heavy atom. The van der Waals surface area contributed by atoms with Gasteiger partial charge in [-0.05, 0) is 23.6 Å². The van der Waals surface area contributed by atoms with Crippen LogP contribution in [0, 0.1) is 0 Å². The third kappa shape index (κ3) is 2.03. The van der Waals surface area contributed by atoms with E-state index < -0.39 is 0 Å². The zero-order valence-electron chi connectivity index (χ0n) is 10.9. The number of rotatable bonds is 2. The number of hydrogen-bond donors (Lipinski definition) is 0. The Hall–Kier alpha value is -2.09. The van der Waals surface area contributed by atoms with Crippen molar-refractivity contribution in [1.82, 2.24) is 0 Å². The quantitative estimate of drug-likeness (QED) is 0.599. The van der Waals surface area contributed by atoms with Crippen molar-refractivity contribution in [2.45, 2.75) is 25.2 Å². The predicted octanol–water partition coefficient (Wildman–Crippen LogP) is 3.88. The number of fused-ring (bicyclic) bond motifs is 1. The van der Waals surface area contributed by atoms with Crippen LogP contribution in [0.4, 0.5) is 0 Å². The molecule has 19 heavy (non-hydrogen) atoms. The second-order valence-electron chi connectivity index (χ2n) is 4.86. The molecule has 2 aromatic carbocycles. The molecule has 0 saturated heterocycles. The van der Waals surface area contributed by atoms with Crippen LogP contribution in [-0.2, 0) is 4.79 Å². The van der Waals surface area contributed by atoms with Gasteiger partial charge in [-0.2, -0.15) is 0 Å². The van der Waals surface area contributed by atoms with Crippen molar-refractivity contribution in [3.63, 3.8) is 0 Å². The van der Waals surface area contributed by atoms with E-state index in [-0.39, 0.29) is 17.8 Å². The van der Waals surface area contributed by atoms with Crippen LogP contribution in [0.3, 0.4) is 0 Å². The van der Waals surface area contributed by atoms with Crippen molar-refractivity contribution in [3.8, 4) is 5.75 Å². The van der Waals surface area contributed by atoms with E-state index in [0.717, 1.165) is 17.5 Å². The molecule has 0 saturated carbocycles. The topological polar surface area (TPSA) is 26.3 Å². The fourth-order valence-corrected chi connectivity index (χ4v) is 2.88. The maximum Gasteiger partial charge on any atom is 0.319 e. The van der Waals surface area contributed by atoms with Gasteiger partial charge >= 0.3 is 5.97 Å². The van der Waals surface area contributed by atoms with E-state index in [2.05, 4.69) is 13.0 Å². The highest BCUT2D eigenvalue weighted by atomic mass is 16.5. The highest BCUT2D eigenvalue weighted by Crippen LogP contribution is 2.44. The molecule has 0 aromatic heterocycles. The highest BCUT2D eigenvalue weighted by Gasteiger charge is 2.37. The summed E-state index contributed by atoms with van der Waals surface area (Å²) in [5.41, 5.74) is 2.17. The average molecular weight is 252 g/mol. The Morgan fingerprint density at radius 3 is 2.42 bits per heavy atom. The zero-order chi connectivity index (χ0) is 13.2. The lowest BCUT2D eigenvalue weighted by atomic mass is 9.78. The Bertz CT molecular complexity index is 589. The van der Waals surface area contributed by atoms with E-state index in [9.17, 15) is 4.79 Å². The van der Waals surface area contributed by atoms with Crippen molar-refractivity contribution in [3.05, 3.63) is 65.7 Å². The molecular weight excluding hydrogens is 236 g/mol. The zero-order valence-corrected chi connectivity index (χ0v) is 10.9. The lowest BCUT2D eigenvalue weighted by Crippen LogP contribution is -2.29. The van der Waals surface area contributed by atoms with Gasteiger partial charge in [-0.15, -0.1) is 0 Å². The summed E-state index contributed by atoms with van der Waals surface area (Å²) < 4.78 is 5.49. The average Bonchev–Trinajstić information content (AvgIpc) is 2.46. The fourth-order valence-electron chi connectivity index (χ4n) is 2.88. The van der Waals surface area contributed by atoms with E-state index in [1.165, 1.54) is 0 Å². The van der Waals surface area contributed by atoms with Gasteiger partial charge in [-0.25, -0.2) is 0 Å². The minimum atomic E-state index is -0.193. The van der Waals surface area contributed by atoms with E-state index >= 15 is 0 Å². The molecule has 0 radical (unpaired) electrons. The molecule has 3 rings (SSSR count). The summed E-state index contributed by atoms with van der Waals surface area (Å²) >= 11 is 0. The molecule has 2 nitrogen and oxygen atoms in total. The Kier molecular flexibility index (Phi) is 3.08. The van der Waals surface area contributed by atoms with Crippen LogP contribution in [0.15, 0.2) is 54.6 Å². The van der Waals surface area contributed by atoms with E-state index in [4.69, 9.17) is 4.74 Å². The Balaban J connectivity index is 2.09. The maximum absolute atomic E-state index is 12.3. The maximum atomic E-state index is 12.3. The number of para-hydroxylation sites is 1. The van der Waals surface area contributed by atoms with Gasteiger partial charge in [-0.3, -0.25) is 4.79 Å². The molecular formula is C17H16O2. The summed E-state index contributed by atoms with van der Waals surface area (Å²) in [6.07, 6.45) is 0.922. The first-order valence-corrected chi connectivity index (χ1v) is 6.67. The molecule has 0 amide bonds. The van der Waals surface area contributed by atoms with Gasteiger partial charge in [-0.1, -0.05) is 55.5 Å². The Labute approximate surface area is 113 Å². The van der Waals surface area contributed by atoms with Crippen LogP contribution in [0.1, 0.15) is 36.3 Å². The molecule has 2 aromatic rings. The fraction of sp³-hybridized carbons (Fsp3) is 0.235. The van der Waals surface area contributed by atoms with Gasteiger partial charge in [0.05, 0.1) is 5.92 Å². The number of esters is 1. The van der Waals surface area contributed by atoms with Crippen molar-refractivity contribution >= 4 is 5.97 Å². The van der Waals surface area contributed by atoms with Gasteiger partial charge in [0, 0.05) is 5.92 Å². The van der Waals surface area contributed by atoms with Crippen LogP contribution in [-0.4, -0.2) is 5.97 Å². The number of ether oxygens (including phenoxy) is 1. The number of carbonyl (C=O) groups is 1. The first-order chi connectivity index (χ1) is 9.31. The summed E-state index contributed by atoms with van der Waals surface area (Å²) in [4.78, 5) is 12.3. The van der Waals surface area contributed by atoms with Gasteiger partial charge in [0.2, 0.25) is 0 Å². The summed E-state index contributed by atoms with van der Waals surface area (Å²) in [6, 6.07) is 17.7. The Morgan fingerprint density at radius 2 is 1.68 bits per heavy atom.